The molecule has 0 aromatic carbocycles. The fraction of sp³-hybridized carbons (Fsp3) is 0.143. The minimum absolute atomic E-state index is 0.0231. The lowest BCUT2D eigenvalue weighted by Crippen LogP contribution is -2.11. The molecular formula is C7H7NO5. The molecule has 0 fully saturated rings. The largest absolute Gasteiger partial charge is 0.479 e. The van der Waals surface area contributed by atoms with Crippen molar-refractivity contribution in [1.82, 2.24) is 4.98 Å². The molecule has 6 heteroatoms. The van der Waals surface area contributed by atoms with E-state index < -0.39 is 18.5 Å². The average molecular weight is 185 g/mol. The van der Waals surface area contributed by atoms with Crippen LogP contribution in [0.3, 0.4) is 0 Å². The van der Waals surface area contributed by atoms with Crippen LogP contribution in [0.4, 0.5) is 0 Å². The second-order valence-corrected chi connectivity index (χ2v) is 2.20. The lowest BCUT2D eigenvalue weighted by molar-refractivity contribution is -0.139. The van der Waals surface area contributed by atoms with Crippen molar-refractivity contribution in [1.29, 1.82) is 0 Å². The predicted octanol–water partition coefficient (Wildman–Crippen LogP) is 0.176. The molecule has 70 valence electrons. The molecule has 3 N–H and O–H groups in total. The highest BCUT2D eigenvalue weighted by Gasteiger charge is 2.12. The Balaban J connectivity index is 2.71. The van der Waals surface area contributed by atoms with Crippen LogP contribution in [0.15, 0.2) is 12.3 Å². The zero-order chi connectivity index (χ0) is 9.84. The molecule has 0 aliphatic carbocycles. The molecule has 0 spiro atoms. The van der Waals surface area contributed by atoms with Gasteiger partial charge >= 0.3 is 11.9 Å². The molecule has 0 saturated carbocycles. The van der Waals surface area contributed by atoms with E-state index in [1.165, 1.54) is 12.3 Å². The standard InChI is InChI=1S/C7H7NO5/c9-5(10)3-13-4-1-2-8-6(4)7(11)12/h1-2,8H,3H2,(H,9,10)(H,11,12). The highest BCUT2D eigenvalue weighted by atomic mass is 16.5. The molecule has 1 aromatic rings. The second-order valence-electron chi connectivity index (χ2n) is 2.20. The van der Waals surface area contributed by atoms with Crippen molar-refractivity contribution in [3.8, 4) is 5.75 Å². The van der Waals surface area contributed by atoms with Gasteiger partial charge in [0.15, 0.2) is 18.1 Å². The highest BCUT2D eigenvalue weighted by Crippen LogP contribution is 2.15. The van der Waals surface area contributed by atoms with E-state index in [4.69, 9.17) is 10.2 Å². The third-order valence-corrected chi connectivity index (χ3v) is 1.27. The second kappa shape index (κ2) is 3.61. The van der Waals surface area contributed by atoms with Gasteiger partial charge in [-0.05, 0) is 6.07 Å². The normalized spacial score (nSPS) is 9.54. The van der Waals surface area contributed by atoms with Gasteiger partial charge < -0.3 is 19.9 Å². The Bertz CT molecular complexity index is 329. The molecule has 0 bridgehead atoms. The number of aliphatic carboxylic acids is 1. The van der Waals surface area contributed by atoms with E-state index in [1.54, 1.807) is 0 Å². The van der Waals surface area contributed by atoms with Gasteiger partial charge in [0.1, 0.15) is 0 Å². The average Bonchev–Trinajstić information content (AvgIpc) is 2.47. The molecule has 0 saturated heterocycles. The maximum absolute atomic E-state index is 10.5. The van der Waals surface area contributed by atoms with Gasteiger partial charge in [-0.15, -0.1) is 0 Å². The summed E-state index contributed by atoms with van der Waals surface area (Å²) in [6.45, 7) is -0.557. The third-order valence-electron chi connectivity index (χ3n) is 1.27. The number of aromatic carboxylic acids is 1. The van der Waals surface area contributed by atoms with E-state index >= 15 is 0 Å². The molecule has 13 heavy (non-hydrogen) atoms. The van der Waals surface area contributed by atoms with Gasteiger partial charge in [0, 0.05) is 6.20 Å². The number of ether oxygens (including phenoxy) is 1. The Morgan fingerprint density at radius 3 is 2.69 bits per heavy atom. The van der Waals surface area contributed by atoms with Crippen molar-refractivity contribution in [3.05, 3.63) is 18.0 Å². The monoisotopic (exact) mass is 185 g/mol. The molecule has 0 atom stereocenters. The van der Waals surface area contributed by atoms with Crippen LogP contribution < -0.4 is 4.74 Å². The summed E-state index contributed by atoms with van der Waals surface area (Å²) in [7, 11) is 0. The van der Waals surface area contributed by atoms with Gasteiger partial charge in [-0.1, -0.05) is 0 Å². The van der Waals surface area contributed by atoms with Crippen molar-refractivity contribution in [3.63, 3.8) is 0 Å². The first-order valence-electron chi connectivity index (χ1n) is 3.36. The first-order valence-corrected chi connectivity index (χ1v) is 3.36. The Morgan fingerprint density at radius 2 is 2.15 bits per heavy atom. The summed E-state index contributed by atoms with van der Waals surface area (Å²) in [4.78, 5) is 23.0. The summed E-state index contributed by atoms with van der Waals surface area (Å²) in [5.74, 6) is -2.32. The van der Waals surface area contributed by atoms with E-state index in [0.717, 1.165) is 0 Å². The topological polar surface area (TPSA) is 99.6 Å². The van der Waals surface area contributed by atoms with Crippen LogP contribution in [0, 0.1) is 0 Å². The van der Waals surface area contributed by atoms with Gasteiger partial charge in [-0.3, -0.25) is 0 Å². The molecule has 1 rings (SSSR count). The van der Waals surface area contributed by atoms with Crippen LogP contribution in [0.5, 0.6) is 5.75 Å². The Kier molecular flexibility index (Phi) is 2.53. The first-order chi connectivity index (χ1) is 6.11. The molecule has 0 radical (unpaired) electrons. The van der Waals surface area contributed by atoms with Crippen molar-refractivity contribution < 1.29 is 24.5 Å². The quantitative estimate of drug-likeness (QED) is 0.621. The smallest absolute Gasteiger partial charge is 0.356 e. The van der Waals surface area contributed by atoms with Crippen molar-refractivity contribution in [2.24, 2.45) is 0 Å². The number of nitrogens with one attached hydrogen (secondary N) is 1. The maximum atomic E-state index is 10.5. The molecule has 0 aliphatic heterocycles. The van der Waals surface area contributed by atoms with E-state index in [9.17, 15) is 9.59 Å². The fourth-order valence-electron chi connectivity index (χ4n) is 0.782. The zero-order valence-corrected chi connectivity index (χ0v) is 6.48. The number of carboxylic acid groups (broad SMARTS) is 2. The SMILES string of the molecule is O=C(O)COc1cc[nH]c1C(=O)O. The Labute approximate surface area is 72.8 Å². The number of rotatable bonds is 4. The molecule has 0 amide bonds. The van der Waals surface area contributed by atoms with Crippen molar-refractivity contribution in [2.75, 3.05) is 6.61 Å². The summed E-state index contributed by atoms with van der Waals surface area (Å²) in [6, 6.07) is 1.35. The lowest BCUT2D eigenvalue weighted by Gasteiger charge is -2.00. The van der Waals surface area contributed by atoms with Crippen LogP contribution in [0.1, 0.15) is 10.5 Å². The van der Waals surface area contributed by atoms with Gasteiger partial charge in [-0.25, -0.2) is 9.59 Å². The van der Waals surface area contributed by atoms with Crippen LogP contribution in [-0.4, -0.2) is 33.7 Å². The molecule has 0 unspecified atom stereocenters. The summed E-state index contributed by atoms with van der Waals surface area (Å²) in [5.41, 5.74) is -0.152. The number of aromatic nitrogens is 1. The van der Waals surface area contributed by atoms with E-state index in [1.807, 2.05) is 0 Å². The summed E-state index contributed by atoms with van der Waals surface area (Å²) < 4.78 is 4.69. The minimum Gasteiger partial charge on any atom is -0.479 e. The van der Waals surface area contributed by atoms with Gasteiger partial charge in [-0.2, -0.15) is 0 Å². The van der Waals surface area contributed by atoms with Gasteiger partial charge in [0.05, 0.1) is 0 Å². The van der Waals surface area contributed by atoms with Gasteiger partial charge in [0.2, 0.25) is 0 Å². The predicted molar refractivity (Wildman–Crippen MR) is 40.9 cm³/mol. The molecule has 0 aliphatic rings. The maximum Gasteiger partial charge on any atom is 0.356 e. The lowest BCUT2D eigenvalue weighted by atomic mass is 10.4. The summed E-state index contributed by atoms with van der Waals surface area (Å²) in [6.07, 6.45) is 1.36. The van der Waals surface area contributed by atoms with Crippen LogP contribution in [0.2, 0.25) is 0 Å². The van der Waals surface area contributed by atoms with Crippen molar-refractivity contribution in [2.45, 2.75) is 0 Å². The highest BCUT2D eigenvalue weighted by molar-refractivity contribution is 5.88. The summed E-state index contributed by atoms with van der Waals surface area (Å²) >= 11 is 0. The zero-order valence-electron chi connectivity index (χ0n) is 6.48. The van der Waals surface area contributed by atoms with Crippen LogP contribution >= 0.6 is 0 Å². The number of hydrogen-bond donors (Lipinski definition) is 3. The molecule has 1 aromatic heterocycles. The number of hydrogen-bond acceptors (Lipinski definition) is 3. The van der Waals surface area contributed by atoms with E-state index in [0.29, 0.717) is 0 Å². The third kappa shape index (κ3) is 2.22. The minimum atomic E-state index is -1.19. The molecular weight excluding hydrogens is 178 g/mol. The summed E-state index contributed by atoms with van der Waals surface area (Å²) in [5, 5.41) is 16.8. The van der Waals surface area contributed by atoms with Crippen LogP contribution in [-0.2, 0) is 4.79 Å². The van der Waals surface area contributed by atoms with Gasteiger partial charge in [0.25, 0.3) is 0 Å². The number of aromatic amines is 1. The number of carboxylic acids is 2. The van der Waals surface area contributed by atoms with Crippen LogP contribution in [0.25, 0.3) is 0 Å². The first kappa shape index (κ1) is 9.11. The van der Waals surface area contributed by atoms with E-state index in [2.05, 4.69) is 9.72 Å². The Morgan fingerprint density at radius 1 is 1.46 bits per heavy atom. The van der Waals surface area contributed by atoms with Crippen molar-refractivity contribution >= 4 is 11.9 Å². The number of H-pyrrole nitrogens is 1. The molecule has 6 nitrogen and oxygen atoms in total. The molecule has 1 heterocycles. The fourth-order valence-corrected chi connectivity index (χ4v) is 0.782. The van der Waals surface area contributed by atoms with E-state index in [-0.39, 0.29) is 11.4 Å². The Hall–Kier alpha value is -1.98. The number of carbonyl (C=O) groups is 2.